The number of para-hydroxylation sites is 1. The van der Waals surface area contributed by atoms with Gasteiger partial charge in [-0.15, -0.1) is 0 Å². The van der Waals surface area contributed by atoms with E-state index >= 15 is 0 Å². The topological polar surface area (TPSA) is 50.4 Å². The largest absolute Gasteiger partial charge is 0.502 e. The second kappa shape index (κ2) is 5.29. The molecule has 0 amide bonds. The van der Waals surface area contributed by atoms with Crippen molar-refractivity contribution >= 4 is 17.0 Å². The molecule has 0 aliphatic rings. The van der Waals surface area contributed by atoms with E-state index in [-0.39, 0.29) is 11.5 Å². The zero-order chi connectivity index (χ0) is 14.8. The summed E-state index contributed by atoms with van der Waals surface area (Å²) in [6.45, 7) is 1.95. The summed E-state index contributed by atoms with van der Waals surface area (Å²) in [7, 11) is 0. The number of allylic oxidation sites excluding steroid dienone is 1. The van der Waals surface area contributed by atoms with E-state index in [1.807, 2.05) is 43.3 Å². The third kappa shape index (κ3) is 2.34. The van der Waals surface area contributed by atoms with E-state index < -0.39 is 5.43 Å². The van der Waals surface area contributed by atoms with Gasteiger partial charge >= 0.3 is 0 Å². The molecular formula is C18H14O3. The minimum absolute atomic E-state index is 0.200. The van der Waals surface area contributed by atoms with Crippen LogP contribution in [0.25, 0.3) is 28.4 Å². The van der Waals surface area contributed by atoms with E-state index in [0.717, 1.165) is 5.56 Å². The van der Waals surface area contributed by atoms with Gasteiger partial charge in [0, 0.05) is 5.56 Å². The van der Waals surface area contributed by atoms with E-state index in [1.165, 1.54) is 0 Å². The van der Waals surface area contributed by atoms with Gasteiger partial charge in [-0.05, 0) is 24.6 Å². The van der Waals surface area contributed by atoms with Gasteiger partial charge in [-0.1, -0.05) is 48.6 Å². The summed E-state index contributed by atoms with van der Waals surface area (Å²) < 4.78 is 5.69. The van der Waals surface area contributed by atoms with Crippen LogP contribution < -0.4 is 5.43 Å². The first-order valence-electron chi connectivity index (χ1n) is 6.68. The lowest BCUT2D eigenvalue weighted by Gasteiger charge is -2.06. The molecule has 1 N–H and O–H groups in total. The molecule has 1 heterocycles. The molecule has 0 fully saturated rings. The second-order valence-electron chi connectivity index (χ2n) is 4.73. The van der Waals surface area contributed by atoms with Crippen LogP contribution in [0.15, 0.2) is 63.8 Å². The highest BCUT2D eigenvalue weighted by Crippen LogP contribution is 2.30. The molecule has 0 radical (unpaired) electrons. The molecule has 0 bridgehead atoms. The highest BCUT2D eigenvalue weighted by molar-refractivity contribution is 5.81. The molecular weight excluding hydrogens is 264 g/mol. The van der Waals surface area contributed by atoms with Crippen LogP contribution in [0.5, 0.6) is 5.75 Å². The fraction of sp³-hybridized carbons (Fsp3) is 0.0556. The third-order valence-corrected chi connectivity index (χ3v) is 3.31. The maximum Gasteiger partial charge on any atom is 0.235 e. The molecule has 0 saturated heterocycles. The third-order valence-electron chi connectivity index (χ3n) is 3.31. The standard InChI is InChI=1S/C18H14O3/c1-2-5-12-8-10-13(11-9-12)18-17(20)16(19)14-6-3-4-7-15(14)21-18/h2-11,20H,1H3. The summed E-state index contributed by atoms with van der Waals surface area (Å²) in [5.41, 5.74) is 1.77. The molecule has 0 atom stereocenters. The summed E-state index contributed by atoms with van der Waals surface area (Å²) >= 11 is 0. The highest BCUT2D eigenvalue weighted by atomic mass is 16.4. The normalized spacial score (nSPS) is 11.3. The van der Waals surface area contributed by atoms with Gasteiger partial charge < -0.3 is 9.52 Å². The molecule has 3 nitrogen and oxygen atoms in total. The summed E-state index contributed by atoms with van der Waals surface area (Å²) in [5, 5.41) is 10.5. The molecule has 0 spiro atoms. The van der Waals surface area contributed by atoms with Crippen LogP contribution in [0.4, 0.5) is 0 Å². The maximum atomic E-state index is 12.2. The highest BCUT2D eigenvalue weighted by Gasteiger charge is 2.14. The van der Waals surface area contributed by atoms with Crippen LogP contribution in [0.2, 0.25) is 0 Å². The molecule has 0 saturated carbocycles. The average molecular weight is 278 g/mol. The van der Waals surface area contributed by atoms with Crippen LogP contribution in [-0.2, 0) is 0 Å². The van der Waals surface area contributed by atoms with Crippen LogP contribution in [0.3, 0.4) is 0 Å². The molecule has 0 aliphatic heterocycles. The van der Waals surface area contributed by atoms with Crippen molar-refractivity contribution in [3.8, 4) is 17.1 Å². The lowest BCUT2D eigenvalue weighted by atomic mass is 10.1. The van der Waals surface area contributed by atoms with Gasteiger partial charge in [0.15, 0.2) is 5.76 Å². The van der Waals surface area contributed by atoms with Crippen molar-refractivity contribution < 1.29 is 9.52 Å². The molecule has 104 valence electrons. The smallest absolute Gasteiger partial charge is 0.235 e. The van der Waals surface area contributed by atoms with E-state index in [0.29, 0.717) is 16.5 Å². The second-order valence-corrected chi connectivity index (χ2v) is 4.73. The van der Waals surface area contributed by atoms with Crippen molar-refractivity contribution in [3.05, 3.63) is 70.4 Å². The number of aromatic hydroxyl groups is 1. The van der Waals surface area contributed by atoms with E-state index in [4.69, 9.17) is 4.42 Å². The monoisotopic (exact) mass is 278 g/mol. The van der Waals surface area contributed by atoms with E-state index in [9.17, 15) is 9.90 Å². The van der Waals surface area contributed by atoms with E-state index in [1.54, 1.807) is 24.3 Å². The van der Waals surface area contributed by atoms with Gasteiger partial charge in [0.25, 0.3) is 0 Å². The first-order valence-corrected chi connectivity index (χ1v) is 6.68. The van der Waals surface area contributed by atoms with Crippen molar-refractivity contribution in [1.82, 2.24) is 0 Å². The van der Waals surface area contributed by atoms with Crippen LogP contribution in [-0.4, -0.2) is 5.11 Å². The van der Waals surface area contributed by atoms with Gasteiger partial charge in [0.2, 0.25) is 11.2 Å². The predicted octanol–water partition coefficient (Wildman–Crippen LogP) is 4.20. The summed E-state index contributed by atoms with van der Waals surface area (Å²) in [4.78, 5) is 12.2. The van der Waals surface area contributed by atoms with Crippen LogP contribution in [0, 0.1) is 0 Å². The molecule has 3 rings (SSSR count). The fourth-order valence-corrected chi connectivity index (χ4v) is 2.27. The van der Waals surface area contributed by atoms with Crippen LogP contribution in [0.1, 0.15) is 12.5 Å². The fourth-order valence-electron chi connectivity index (χ4n) is 2.27. The molecule has 21 heavy (non-hydrogen) atoms. The number of rotatable bonds is 2. The number of benzene rings is 2. The molecule has 3 aromatic rings. The van der Waals surface area contributed by atoms with Gasteiger partial charge in [0.1, 0.15) is 5.58 Å². The summed E-state index contributed by atoms with van der Waals surface area (Å²) in [6.07, 6.45) is 3.92. The van der Waals surface area contributed by atoms with Crippen molar-refractivity contribution in [1.29, 1.82) is 0 Å². The lowest BCUT2D eigenvalue weighted by molar-refractivity contribution is 0.449. The Morgan fingerprint density at radius 3 is 2.48 bits per heavy atom. The van der Waals surface area contributed by atoms with Crippen molar-refractivity contribution in [2.24, 2.45) is 0 Å². The average Bonchev–Trinajstić information content (AvgIpc) is 2.52. The first-order chi connectivity index (χ1) is 10.2. The van der Waals surface area contributed by atoms with Gasteiger partial charge in [-0.3, -0.25) is 4.79 Å². The van der Waals surface area contributed by atoms with E-state index in [2.05, 4.69) is 0 Å². The number of hydrogen-bond acceptors (Lipinski definition) is 3. The molecule has 0 aliphatic carbocycles. The number of fused-ring (bicyclic) bond motifs is 1. The Hall–Kier alpha value is -2.81. The van der Waals surface area contributed by atoms with Crippen molar-refractivity contribution in [3.63, 3.8) is 0 Å². The Kier molecular flexibility index (Phi) is 3.32. The minimum Gasteiger partial charge on any atom is -0.502 e. The molecule has 0 unspecified atom stereocenters. The first kappa shape index (κ1) is 13.2. The SMILES string of the molecule is CC=Cc1ccc(-c2oc3ccccc3c(=O)c2O)cc1. The molecule has 2 aromatic carbocycles. The Morgan fingerprint density at radius 1 is 1.05 bits per heavy atom. The quantitative estimate of drug-likeness (QED) is 0.764. The Bertz CT molecular complexity index is 871. The van der Waals surface area contributed by atoms with Crippen molar-refractivity contribution in [2.75, 3.05) is 0 Å². The molecule has 1 aromatic heterocycles. The van der Waals surface area contributed by atoms with Gasteiger partial charge in [-0.2, -0.15) is 0 Å². The van der Waals surface area contributed by atoms with Gasteiger partial charge in [-0.25, -0.2) is 0 Å². The number of hydrogen-bond donors (Lipinski definition) is 1. The van der Waals surface area contributed by atoms with Gasteiger partial charge in [0.05, 0.1) is 5.39 Å². The summed E-state index contributed by atoms with van der Waals surface area (Å²) in [5.74, 6) is -0.154. The summed E-state index contributed by atoms with van der Waals surface area (Å²) in [6, 6.07) is 14.3. The zero-order valence-electron chi connectivity index (χ0n) is 11.5. The Labute approximate surface area is 121 Å². The Morgan fingerprint density at radius 2 is 1.76 bits per heavy atom. The maximum absolute atomic E-state index is 12.2. The zero-order valence-corrected chi connectivity index (χ0v) is 11.5. The van der Waals surface area contributed by atoms with Crippen molar-refractivity contribution in [2.45, 2.75) is 6.92 Å². The lowest BCUT2D eigenvalue weighted by Crippen LogP contribution is -2.02. The Balaban J connectivity index is 2.20. The predicted molar refractivity (Wildman–Crippen MR) is 84.3 cm³/mol. The minimum atomic E-state index is -0.413. The van der Waals surface area contributed by atoms with Crippen LogP contribution >= 0.6 is 0 Å². The molecule has 3 heteroatoms.